The van der Waals surface area contributed by atoms with Gasteiger partial charge in [0.15, 0.2) is 0 Å². The maximum Gasteiger partial charge on any atom is 0.232 e. The molecule has 0 bridgehead atoms. The first-order valence-electron chi connectivity index (χ1n) is 6.95. The average Bonchev–Trinajstić information content (AvgIpc) is 2.48. The molecule has 0 radical (unpaired) electrons. The SMILES string of the molecule is CCC1(CC)CCN(c2ncc(Br)c(OC)n2)CC1. The van der Waals surface area contributed by atoms with E-state index in [0.717, 1.165) is 23.5 Å². The molecule has 0 N–H and O–H groups in total. The lowest BCUT2D eigenvalue weighted by atomic mass is 9.74. The van der Waals surface area contributed by atoms with Gasteiger partial charge in [0.05, 0.1) is 17.8 Å². The number of hydrogen-bond donors (Lipinski definition) is 0. The van der Waals surface area contributed by atoms with Gasteiger partial charge >= 0.3 is 0 Å². The van der Waals surface area contributed by atoms with Crippen LogP contribution < -0.4 is 9.64 Å². The quantitative estimate of drug-likeness (QED) is 0.845. The zero-order valence-electron chi connectivity index (χ0n) is 11.9. The third-order valence-electron chi connectivity index (χ3n) is 4.50. The van der Waals surface area contributed by atoms with Crippen molar-refractivity contribution in [1.29, 1.82) is 0 Å². The third-order valence-corrected chi connectivity index (χ3v) is 5.04. The maximum absolute atomic E-state index is 5.24. The molecule has 0 saturated carbocycles. The summed E-state index contributed by atoms with van der Waals surface area (Å²) >= 11 is 3.39. The number of aromatic nitrogens is 2. The van der Waals surface area contributed by atoms with Crippen LogP contribution in [0.3, 0.4) is 0 Å². The first-order chi connectivity index (χ1) is 9.14. The van der Waals surface area contributed by atoms with Crippen LogP contribution in [0.25, 0.3) is 0 Å². The third kappa shape index (κ3) is 3.02. The summed E-state index contributed by atoms with van der Waals surface area (Å²) in [6.07, 6.45) is 6.75. The molecule has 5 heteroatoms. The van der Waals surface area contributed by atoms with Gasteiger partial charge in [-0.25, -0.2) is 4.98 Å². The second-order valence-corrected chi connectivity index (χ2v) is 6.08. The molecule has 0 amide bonds. The molecule has 0 aromatic carbocycles. The van der Waals surface area contributed by atoms with Crippen LogP contribution >= 0.6 is 15.9 Å². The summed E-state index contributed by atoms with van der Waals surface area (Å²) in [5, 5.41) is 0. The number of anilines is 1. The maximum atomic E-state index is 5.24. The Morgan fingerprint density at radius 2 is 1.95 bits per heavy atom. The molecule has 1 aliphatic heterocycles. The molecule has 1 aliphatic rings. The van der Waals surface area contributed by atoms with Crippen molar-refractivity contribution < 1.29 is 4.74 Å². The smallest absolute Gasteiger partial charge is 0.232 e. The summed E-state index contributed by atoms with van der Waals surface area (Å²) in [5.41, 5.74) is 0.524. The lowest BCUT2D eigenvalue weighted by Gasteiger charge is -2.41. The zero-order chi connectivity index (χ0) is 13.9. The van der Waals surface area contributed by atoms with Gasteiger partial charge in [0.2, 0.25) is 11.8 Å². The van der Waals surface area contributed by atoms with Crippen LogP contribution in [0.4, 0.5) is 5.95 Å². The van der Waals surface area contributed by atoms with E-state index in [1.165, 1.54) is 25.7 Å². The molecule has 0 aliphatic carbocycles. The number of hydrogen-bond acceptors (Lipinski definition) is 4. The lowest BCUT2D eigenvalue weighted by molar-refractivity contribution is 0.198. The highest BCUT2D eigenvalue weighted by Crippen LogP contribution is 2.38. The van der Waals surface area contributed by atoms with Crippen molar-refractivity contribution in [3.8, 4) is 5.88 Å². The van der Waals surface area contributed by atoms with E-state index >= 15 is 0 Å². The fraction of sp³-hybridized carbons (Fsp3) is 0.714. The van der Waals surface area contributed by atoms with Crippen molar-refractivity contribution in [2.75, 3.05) is 25.1 Å². The number of piperidine rings is 1. The Balaban J connectivity index is 2.09. The van der Waals surface area contributed by atoms with Gasteiger partial charge in [-0.1, -0.05) is 26.7 Å². The molecule has 4 nitrogen and oxygen atoms in total. The van der Waals surface area contributed by atoms with E-state index in [9.17, 15) is 0 Å². The van der Waals surface area contributed by atoms with Gasteiger partial charge in [-0.3, -0.25) is 0 Å². The molecule has 1 aromatic rings. The minimum Gasteiger partial charge on any atom is -0.480 e. The van der Waals surface area contributed by atoms with Crippen molar-refractivity contribution in [3.63, 3.8) is 0 Å². The number of nitrogens with zero attached hydrogens (tertiary/aromatic N) is 3. The van der Waals surface area contributed by atoms with E-state index in [0.29, 0.717) is 11.3 Å². The first-order valence-corrected chi connectivity index (χ1v) is 7.75. The van der Waals surface area contributed by atoms with Gasteiger partial charge in [0.25, 0.3) is 0 Å². The molecule has 0 unspecified atom stereocenters. The van der Waals surface area contributed by atoms with Crippen molar-refractivity contribution in [2.45, 2.75) is 39.5 Å². The van der Waals surface area contributed by atoms with Crippen molar-refractivity contribution in [1.82, 2.24) is 9.97 Å². The molecule has 106 valence electrons. The Morgan fingerprint density at radius 1 is 1.32 bits per heavy atom. The molecule has 2 heterocycles. The fourth-order valence-corrected chi connectivity index (χ4v) is 3.13. The summed E-state index contributed by atoms with van der Waals surface area (Å²) in [5.74, 6) is 1.38. The van der Waals surface area contributed by atoms with Crippen molar-refractivity contribution >= 4 is 21.9 Å². The Bertz CT molecular complexity index is 425. The molecule has 1 saturated heterocycles. The largest absolute Gasteiger partial charge is 0.480 e. The predicted octanol–water partition coefficient (Wildman–Crippen LogP) is 3.65. The minimum absolute atomic E-state index is 0.524. The molecule has 1 aromatic heterocycles. The van der Waals surface area contributed by atoms with Crippen LogP contribution in [0.5, 0.6) is 5.88 Å². The minimum atomic E-state index is 0.524. The van der Waals surface area contributed by atoms with Gasteiger partial charge in [0, 0.05) is 13.1 Å². The highest BCUT2D eigenvalue weighted by Gasteiger charge is 2.32. The monoisotopic (exact) mass is 327 g/mol. The van der Waals surface area contributed by atoms with Gasteiger partial charge in [-0.15, -0.1) is 0 Å². The number of ether oxygens (including phenoxy) is 1. The highest BCUT2D eigenvalue weighted by molar-refractivity contribution is 9.10. The lowest BCUT2D eigenvalue weighted by Crippen LogP contribution is -2.40. The Labute approximate surface area is 123 Å². The van der Waals surface area contributed by atoms with Gasteiger partial charge in [-0.05, 0) is 34.2 Å². The van der Waals surface area contributed by atoms with E-state index < -0.39 is 0 Å². The predicted molar refractivity (Wildman–Crippen MR) is 80.7 cm³/mol. The normalized spacial score (nSPS) is 18.4. The zero-order valence-corrected chi connectivity index (χ0v) is 13.5. The van der Waals surface area contributed by atoms with E-state index in [2.05, 4.69) is 44.6 Å². The van der Waals surface area contributed by atoms with Gasteiger partial charge in [-0.2, -0.15) is 4.98 Å². The van der Waals surface area contributed by atoms with E-state index in [1.54, 1.807) is 13.3 Å². The number of methoxy groups -OCH3 is 1. The fourth-order valence-electron chi connectivity index (χ4n) is 2.78. The van der Waals surface area contributed by atoms with Gasteiger partial charge < -0.3 is 9.64 Å². The number of halogens is 1. The van der Waals surface area contributed by atoms with Crippen LogP contribution in [-0.4, -0.2) is 30.2 Å². The second kappa shape index (κ2) is 6.07. The molecular weight excluding hydrogens is 306 g/mol. The first kappa shape index (κ1) is 14.6. The second-order valence-electron chi connectivity index (χ2n) is 5.22. The van der Waals surface area contributed by atoms with Crippen LogP contribution in [0.15, 0.2) is 10.7 Å². The van der Waals surface area contributed by atoms with Crippen LogP contribution in [0, 0.1) is 5.41 Å². The van der Waals surface area contributed by atoms with Crippen molar-refractivity contribution in [2.24, 2.45) is 5.41 Å². The summed E-state index contributed by atoms with van der Waals surface area (Å²) in [6.45, 7) is 6.68. The standard InChI is InChI=1S/C14H22BrN3O/c1-4-14(5-2)6-8-18(9-7-14)13-16-10-11(15)12(17-13)19-3/h10H,4-9H2,1-3H3. The Morgan fingerprint density at radius 3 is 2.47 bits per heavy atom. The summed E-state index contributed by atoms with van der Waals surface area (Å²) in [4.78, 5) is 11.1. The summed E-state index contributed by atoms with van der Waals surface area (Å²) < 4.78 is 6.03. The molecule has 1 fully saturated rings. The van der Waals surface area contributed by atoms with E-state index in [-0.39, 0.29) is 0 Å². The molecule has 0 atom stereocenters. The molecule has 2 rings (SSSR count). The highest BCUT2D eigenvalue weighted by atomic mass is 79.9. The molecule has 19 heavy (non-hydrogen) atoms. The van der Waals surface area contributed by atoms with Gasteiger partial charge in [0.1, 0.15) is 0 Å². The topological polar surface area (TPSA) is 38.2 Å². The van der Waals surface area contributed by atoms with Crippen LogP contribution in [0.2, 0.25) is 0 Å². The van der Waals surface area contributed by atoms with Crippen molar-refractivity contribution in [3.05, 3.63) is 10.7 Å². The van der Waals surface area contributed by atoms with Crippen LogP contribution in [-0.2, 0) is 0 Å². The van der Waals surface area contributed by atoms with E-state index in [4.69, 9.17) is 4.74 Å². The van der Waals surface area contributed by atoms with Crippen LogP contribution in [0.1, 0.15) is 39.5 Å². The summed E-state index contributed by atoms with van der Waals surface area (Å²) in [7, 11) is 1.63. The average molecular weight is 328 g/mol. The number of rotatable bonds is 4. The molecule has 0 spiro atoms. The Kier molecular flexibility index (Phi) is 4.66. The van der Waals surface area contributed by atoms with E-state index in [1.807, 2.05) is 0 Å². The summed E-state index contributed by atoms with van der Waals surface area (Å²) in [6, 6.07) is 0. The molecular formula is C14H22BrN3O. The Hall–Kier alpha value is -0.840.